The topological polar surface area (TPSA) is 81.0 Å². The zero-order valence-corrected chi connectivity index (χ0v) is 13.0. The Morgan fingerprint density at radius 2 is 2.05 bits per heavy atom. The van der Waals surface area contributed by atoms with Crippen LogP contribution >= 0.6 is 23.1 Å². The van der Waals surface area contributed by atoms with Crippen LogP contribution in [0.5, 0.6) is 11.5 Å². The zero-order valence-electron chi connectivity index (χ0n) is 11.3. The molecule has 1 atom stereocenters. The molecule has 0 saturated carbocycles. The molecule has 110 valence electrons. The fraction of sp³-hybridized carbons (Fsp3) is 0.308. The molecule has 0 spiro atoms. The molecule has 0 saturated heterocycles. The number of aliphatic imine (C=N–C) groups is 1. The summed E-state index contributed by atoms with van der Waals surface area (Å²) in [6.07, 6.45) is 0. The van der Waals surface area contributed by atoms with Crippen molar-refractivity contribution in [2.45, 2.75) is 6.04 Å². The normalized spacial score (nSPS) is 17.8. The van der Waals surface area contributed by atoms with E-state index in [2.05, 4.69) is 9.98 Å². The SMILES string of the molecule is COc1cc2nc(C3=NC(C(=O)O)CS3)sc2cc1OC. The van der Waals surface area contributed by atoms with Gasteiger partial charge in [-0.25, -0.2) is 9.78 Å². The summed E-state index contributed by atoms with van der Waals surface area (Å²) in [5.41, 5.74) is 0.787. The summed E-state index contributed by atoms with van der Waals surface area (Å²) in [6.45, 7) is 0. The molecule has 1 aliphatic heterocycles. The summed E-state index contributed by atoms with van der Waals surface area (Å²) < 4.78 is 11.5. The highest BCUT2D eigenvalue weighted by Gasteiger charge is 2.27. The second-order valence-corrected chi connectivity index (χ2v) is 6.33. The number of carbonyl (C=O) groups is 1. The standard InChI is InChI=1S/C13H12N2O4S2/c1-18-8-3-6-10(4-9(8)19-2)21-12(14-6)11-15-7(5-20-11)13(16)17/h3-4,7H,5H2,1-2H3,(H,16,17). The third-order valence-corrected chi connectivity index (χ3v) is 5.22. The molecule has 0 amide bonds. The van der Waals surface area contributed by atoms with Crippen LogP contribution in [0.15, 0.2) is 17.1 Å². The van der Waals surface area contributed by atoms with E-state index in [1.807, 2.05) is 12.1 Å². The van der Waals surface area contributed by atoms with Crippen LogP contribution in [-0.2, 0) is 4.79 Å². The number of carboxylic acid groups (broad SMARTS) is 1. The van der Waals surface area contributed by atoms with Gasteiger partial charge in [-0.1, -0.05) is 0 Å². The second kappa shape index (κ2) is 5.53. The van der Waals surface area contributed by atoms with E-state index in [0.29, 0.717) is 22.3 Å². The van der Waals surface area contributed by atoms with Gasteiger partial charge in [0.25, 0.3) is 0 Å². The number of hydrogen-bond donors (Lipinski definition) is 1. The zero-order chi connectivity index (χ0) is 15.0. The number of aromatic nitrogens is 1. The van der Waals surface area contributed by atoms with Crippen molar-refractivity contribution >= 4 is 44.3 Å². The van der Waals surface area contributed by atoms with E-state index in [4.69, 9.17) is 14.6 Å². The molecule has 1 aliphatic rings. The average Bonchev–Trinajstić information content (AvgIpc) is 3.11. The number of aliphatic carboxylic acids is 1. The van der Waals surface area contributed by atoms with E-state index in [-0.39, 0.29) is 0 Å². The first-order valence-corrected chi connectivity index (χ1v) is 7.89. The van der Waals surface area contributed by atoms with Gasteiger partial charge in [-0.2, -0.15) is 0 Å². The molecule has 1 unspecified atom stereocenters. The number of rotatable bonds is 4. The predicted octanol–water partition coefficient (Wildman–Crippen LogP) is 2.26. The lowest BCUT2D eigenvalue weighted by atomic mass is 10.3. The number of thiazole rings is 1. The Bertz CT molecular complexity index is 700. The maximum atomic E-state index is 10.9. The lowest BCUT2D eigenvalue weighted by Gasteiger charge is -2.05. The molecule has 8 heteroatoms. The highest BCUT2D eigenvalue weighted by molar-refractivity contribution is 8.15. The van der Waals surface area contributed by atoms with E-state index < -0.39 is 12.0 Å². The van der Waals surface area contributed by atoms with Gasteiger partial charge in [-0.15, -0.1) is 23.1 Å². The quantitative estimate of drug-likeness (QED) is 0.929. The fourth-order valence-electron chi connectivity index (χ4n) is 1.96. The van der Waals surface area contributed by atoms with Gasteiger partial charge in [-0.3, -0.25) is 4.99 Å². The smallest absolute Gasteiger partial charge is 0.329 e. The maximum absolute atomic E-state index is 10.9. The van der Waals surface area contributed by atoms with Crippen LogP contribution < -0.4 is 9.47 Å². The van der Waals surface area contributed by atoms with Gasteiger partial charge in [0.05, 0.1) is 24.4 Å². The van der Waals surface area contributed by atoms with Crippen LogP contribution in [-0.4, -0.2) is 47.1 Å². The number of hydrogen-bond acceptors (Lipinski definition) is 7. The molecular weight excluding hydrogens is 312 g/mol. The van der Waals surface area contributed by atoms with Crippen LogP contribution in [0.2, 0.25) is 0 Å². The van der Waals surface area contributed by atoms with E-state index >= 15 is 0 Å². The van der Waals surface area contributed by atoms with Crippen molar-refractivity contribution in [2.24, 2.45) is 4.99 Å². The lowest BCUT2D eigenvalue weighted by molar-refractivity contribution is -0.137. The molecule has 0 bridgehead atoms. The first kappa shape index (κ1) is 14.2. The fourth-order valence-corrected chi connectivity index (χ4v) is 4.04. The summed E-state index contributed by atoms with van der Waals surface area (Å²) in [7, 11) is 3.16. The summed E-state index contributed by atoms with van der Waals surface area (Å²) in [4.78, 5) is 19.7. The summed E-state index contributed by atoms with van der Waals surface area (Å²) in [6, 6.07) is 2.99. The second-order valence-electron chi connectivity index (χ2n) is 4.29. The van der Waals surface area contributed by atoms with Crippen molar-refractivity contribution in [2.75, 3.05) is 20.0 Å². The Kier molecular flexibility index (Phi) is 3.73. The number of ether oxygens (including phenoxy) is 2. The molecule has 0 radical (unpaired) electrons. The van der Waals surface area contributed by atoms with E-state index in [1.54, 1.807) is 14.2 Å². The third kappa shape index (κ3) is 2.56. The Balaban J connectivity index is 2.02. The first-order valence-electron chi connectivity index (χ1n) is 6.08. The minimum atomic E-state index is -0.901. The Hall–Kier alpha value is -1.80. The minimum absolute atomic E-state index is 0.452. The van der Waals surface area contributed by atoms with Crippen LogP contribution in [0.4, 0.5) is 0 Å². The van der Waals surface area contributed by atoms with E-state index in [9.17, 15) is 4.79 Å². The first-order chi connectivity index (χ1) is 10.1. The third-order valence-electron chi connectivity index (χ3n) is 3.01. The van der Waals surface area contributed by atoms with Gasteiger partial charge < -0.3 is 14.6 Å². The molecule has 6 nitrogen and oxygen atoms in total. The molecule has 1 aromatic heterocycles. The molecule has 1 N–H and O–H groups in total. The molecule has 21 heavy (non-hydrogen) atoms. The summed E-state index contributed by atoms with van der Waals surface area (Å²) in [5.74, 6) is 0.811. The Morgan fingerprint density at radius 1 is 1.33 bits per heavy atom. The monoisotopic (exact) mass is 324 g/mol. The maximum Gasteiger partial charge on any atom is 0.329 e. The van der Waals surface area contributed by atoms with Crippen LogP contribution in [0.3, 0.4) is 0 Å². The van der Waals surface area contributed by atoms with Gasteiger partial charge in [0, 0.05) is 17.9 Å². The Labute approximate surface area is 128 Å². The van der Waals surface area contributed by atoms with E-state index in [1.165, 1.54) is 23.1 Å². The van der Waals surface area contributed by atoms with Gasteiger partial charge in [0.2, 0.25) is 0 Å². The van der Waals surface area contributed by atoms with E-state index in [0.717, 1.165) is 15.2 Å². The van der Waals surface area contributed by atoms with Gasteiger partial charge in [-0.05, 0) is 0 Å². The van der Waals surface area contributed by atoms with Crippen molar-refractivity contribution in [1.29, 1.82) is 0 Å². The number of carboxylic acids is 1. The average molecular weight is 324 g/mol. The number of thioether (sulfide) groups is 1. The van der Waals surface area contributed by atoms with Crippen molar-refractivity contribution in [3.05, 3.63) is 17.1 Å². The molecule has 2 heterocycles. The predicted molar refractivity (Wildman–Crippen MR) is 83.1 cm³/mol. The highest BCUT2D eigenvalue weighted by atomic mass is 32.2. The number of methoxy groups -OCH3 is 2. The van der Waals surface area contributed by atoms with Gasteiger partial charge >= 0.3 is 5.97 Å². The molecule has 1 aromatic carbocycles. The van der Waals surface area contributed by atoms with Crippen LogP contribution in [0.25, 0.3) is 10.2 Å². The van der Waals surface area contributed by atoms with Crippen molar-refractivity contribution in [1.82, 2.24) is 4.98 Å². The van der Waals surface area contributed by atoms with Gasteiger partial charge in [0.15, 0.2) is 17.5 Å². The minimum Gasteiger partial charge on any atom is -0.493 e. The molecule has 2 aromatic rings. The summed E-state index contributed by atoms with van der Waals surface area (Å²) in [5, 5.41) is 10.4. The molecule has 3 rings (SSSR count). The van der Waals surface area contributed by atoms with Crippen LogP contribution in [0, 0.1) is 0 Å². The summed E-state index contributed by atoms with van der Waals surface area (Å²) >= 11 is 2.89. The lowest BCUT2D eigenvalue weighted by Crippen LogP contribution is -2.17. The largest absolute Gasteiger partial charge is 0.493 e. The molecular formula is C13H12N2O4S2. The van der Waals surface area contributed by atoms with Crippen molar-refractivity contribution in [3.63, 3.8) is 0 Å². The molecule has 0 fully saturated rings. The molecule has 0 aliphatic carbocycles. The highest BCUT2D eigenvalue weighted by Crippen LogP contribution is 2.36. The van der Waals surface area contributed by atoms with Gasteiger partial charge in [0.1, 0.15) is 10.1 Å². The van der Waals surface area contributed by atoms with Crippen molar-refractivity contribution < 1.29 is 19.4 Å². The Morgan fingerprint density at radius 3 is 2.67 bits per heavy atom. The number of benzene rings is 1. The number of fused-ring (bicyclic) bond motifs is 1. The van der Waals surface area contributed by atoms with Crippen molar-refractivity contribution in [3.8, 4) is 11.5 Å². The van der Waals surface area contributed by atoms with Crippen LogP contribution in [0.1, 0.15) is 5.01 Å². The number of nitrogens with zero attached hydrogens (tertiary/aromatic N) is 2.